The molecule has 0 bridgehead atoms. The van der Waals surface area contributed by atoms with E-state index in [1.165, 1.54) is 0 Å². The highest BCUT2D eigenvalue weighted by atomic mass is 35.5. The lowest BCUT2D eigenvalue weighted by Crippen LogP contribution is -2.01. The summed E-state index contributed by atoms with van der Waals surface area (Å²) in [6.07, 6.45) is 0. The highest BCUT2D eigenvalue weighted by molar-refractivity contribution is 6.31. The van der Waals surface area contributed by atoms with Crippen molar-refractivity contribution in [3.05, 3.63) is 52.5 Å². The Balaban J connectivity index is 2.10. The smallest absolute Gasteiger partial charge is 0.162 e. The number of anilines is 1. The molecule has 0 aliphatic heterocycles. The van der Waals surface area contributed by atoms with Crippen molar-refractivity contribution >= 4 is 17.3 Å². The third-order valence-electron chi connectivity index (χ3n) is 3.08. The molecule has 3 nitrogen and oxygen atoms in total. The number of aryl methyl sites for hydroxylation is 1. The van der Waals surface area contributed by atoms with Gasteiger partial charge in [-0.1, -0.05) is 23.7 Å². The first-order valence-electron chi connectivity index (χ1n) is 6.35. The topological polar surface area (TPSA) is 30.5 Å². The fraction of sp³-hybridized carbons (Fsp3) is 0.250. The molecule has 4 heteroatoms. The van der Waals surface area contributed by atoms with Crippen LogP contribution in [0.25, 0.3) is 0 Å². The fourth-order valence-electron chi connectivity index (χ4n) is 1.94. The highest BCUT2D eigenvalue weighted by Crippen LogP contribution is 2.30. The average molecular weight is 292 g/mol. The van der Waals surface area contributed by atoms with E-state index in [0.29, 0.717) is 18.0 Å². The molecule has 0 spiro atoms. The maximum absolute atomic E-state index is 6.22. The van der Waals surface area contributed by atoms with Crippen LogP contribution in [0.4, 0.5) is 5.69 Å². The Morgan fingerprint density at radius 3 is 2.40 bits per heavy atom. The van der Waals surface area contributed by atoms with E-state index in [2.05, 4.69) is 11.4 Å². The van der Waals surface area contributed by atoms with Gasteiger partial charge in [-0.3, -0.25) is 0 Å². The van der Waals surface area contributed by atoms with E-state index in [9.17, 15) is 0 Å². The van der Waals surface area contributed by atoms with Gasteiger partial charge >= 0.3 is 0 Å². The minimum atomic E-state index is 0.661. The summed E-state index contributed by atoms with van der Waals surface area (Å²) in [4.78, 5) is 0. The molecule has 0 unspecified atom stereocenters. The monoisotopic (exact) mass is 291 g/mol. The number of hydrogen-bond donors (Lipinski definition) is 1. The van der Waals surface area contributed by atoms with Crippen LogP contribution in [0.5, 0.6) is 11.5 Å². The number of methoxy groups -OCH3 is 2. The van der Waals surface area contributed by atoms with Crippen molar-refractivity contribution in [1.82, 2.24) is 0 Å². The fourth-order valence-corrected chi connectivity index (χ4v) is 2.24. The van der Waals surface area contributed by atoms with Crippen LogP contribution < -0.4 is 14.8 Å². The summed E-state index contributed by atoms with van der Waals surface area (Å²) >= 11 is 6.22. The van der Waals surface area contributed by atoms with E-state index in [1.54, 1.807) is 14.2 Å². The van der Waals surface area contributed by atoms with Crippen molar-refractivity contribution < 1.29 is 9.47 Å². The zero-order valence-corrected chi connectivity index (χ0v) is 12.6. The summed E-state index contributed by atoms with van der Waals surface area (Å²) in [6, 6.07) is 11.8. The summed E-state index contributed by atoms with van der Waals surface area (Å²) in [6.45, 7) is 2.69. The van der Waals surface area contributed by atoms with Gasteiger partial charge in [-0.25, -0.2) is 0 Å². The first-order chi connectivity index (χ1) is 9.63. The van der Waals surface area contributed by atoms with E-state index < -0.39 is 0 Å². The van der Waals surface area contributed by atoms with Crippen LogP contribution in [-0.4, -0.2) is 14.2 Å². The molecule has 0 fully saturated rings. The van der Waals surface area contributed by atoms with Crippen LogP contribution in [0.2, 0.25) is 5.02 Å². The molecular formula is C16H18ClNO2. The quantitative estimate of drug-likeness (QED) is 0.892. The van der Waals surface area contributed by atoms with Gasteiger partial charge in [0.1, 0.15) is 0 Å². The van der Waals surface area contributed by atoms with Crippen molar-refractivity contribution in [2.45, 2.75) is 13.5 Å². The van der Waals surface area contributed by atoms with Gasteiger partial charge in [0.25, 0.3) is 0 Å². The maximum atomic E-state index is 6.22. The van der Waals surface area contributed by atoms with Crippen LogP contribution in [0.1, 0.15) is 11.1 Å². The van der Waals surface area contributed by atoms with Crippen molar-refractivity contribution in [1.29, 1.82) is 0 Å². The largest absolute Gasteiger partial charge is 0.493 e. The first-order valence-corrected chi connectivity index (χ1v) is 6.72. The number of hydrogen-bond acceptors (Lipinski definition) is 3. The molecule has 2 aromatic rings. The Hall–Kier alpha value is -1.87. The Kier molecular flexibility index (Phi) is 4.74. The van der Waals surface area contributed by atoms with Gasteiger partial charge in [-0.15, -0.1) is 0 Å². The van der Waals surface area contributed by atoms with Gasteiger partial charge in [0.15, 0.2) is 11.5 Å². The third kappa shape index (κ3) is 3.36. The Labute approximate surface area is 124 Å². The minimum absolute atomic E-state index is 0.661. The van der Waals surface area contributed by atoms with E-state index >= 15 is 0 Å². The lowest BCUT2D eigenvalue weighted by molar-refractivity contribution is 0.355. The van der Waals surface area contributed by atoms with Gasteiger partial charge in [-0.2, -0.15) is 0 Å². The van der Waals surface area contributed by atoms with Gasteiger partial charge in [0.2, 0.25) is 0 Å². The minimum Gasteiger partial charge on any atom is -0.493 e. The van der Waals surface area contributed by atoms with Gasteiger partial charge in [0, 0.05) is 23.3 Å². The van der Waals surface area contributed by atoms with Gasteiger partial charge in [-0.05, 0) is 36.2 Å². The normalized spacial score (nSPS) is 10.2. The van der Waals surface area contributed by atoms with Crippen LogP contribution in [-0.2, 0) is 6.54 Å². The van der Waals surface area contributed by atoms with Crippen molar-refractivity contribution in [2.75, 3.05) is 19.5 Å². The molecular weight excluding hydrogens is 274 g/mol. The van der Waals surface area contributed by atoms with Crippen LogP contribution in [0.15, 0.2) is 36.4 Å². The Morgan fingerprint density at radius 1 is 1.00 bits per heavy atom. The van der Waals surface area contributed by atoms with E-state index in [4.69, 9.17) is 21.1 Å². The molecule has 0 atom stereocenters. The van der Waals surface area contributed by atoms with Crippen LogP contribution in [0.3, 0.4) is 0 Å². The third-order valence-corrected chi connectivity index (χ3v) is 3.43. The number of ether oxygens (including phenoxy) is 2. The van der Waals surface area contributed by atoms with Gasteiger partial charge < -0.3 is 14.8 Å². The van der Waals surface area contributed by atoms with Crippen LogP contribution in [0, 0.1) is 6.92 Å². The summed E-state index contributed by atoms with van der Waals surface area (Å²) in [5, 5.41) is 4.10. The second-order valence-electron chi connectivity index (χ2n) is 4.52. The number of benzene rings is 2. The number of nitrogens with one attached hydrogen (secondary N) is 1. The molecule has 0 radical (unpaired) electrons. The molecule has 0 saturated heterocycles. The molecule has 0 heterocycles. The highest BCUT2D eigenvalue weighted by Gasteiger charge is 2.05. The predicted octanol–water partition coefficient (Wildman–Crippen LogP) is 4.28. The molecule has 0 amide bonds. The lowest BCUT2D eigenvalue weighted by atomic mass is 10.1. The van der Waals surface area contributed by atoms with Crippen LogP contribution >= 0.6 is 11.6 Å². The first kappa shape index (κ1) is 14.5. The standard InChI is InChI=1S/C16H18ClNO2/c1-11-4-5-12(14(17)8-11)10-18-13-6-7-15(19-2)16(9-13)20-3/h4-9,18H,10H2,1-3H3. The lowest BCUT2D eigenvalue weighted by Gasteiger charge is -2.12. The van der Waals surface area contributed by atoms with E-state index in [0.717, 1.165) is 21.8 Å². The number of rotatable bonds is 5. The Morgan fingerprint density at radius 2 is 1.75 bits per heavy atom. The zero-order valence-electron chi connectivity index (χ0n) is 11.9. The summed E-state index contributed by atoms with van der Waals surface area (Å²) in [7, 11) is 3.25. The van der Waals surface area contributed by atoms with Crippen molar-refractivity contribution in [3.8, 4) is 11.5 Å². The van der Waals surface area contributed by atoms with Crippen molar-refractivity contribution in [2.24, 2.45) is 0 Å². The average Bonchev–Trinajstić information content (AvgIpc) is 2.46. The predicted molar refractivity (Wildman–Crippen MR) is 83.1 cm³/mol. The molecule has 0 aliphatic rings. The van der Waals surface area contributed by atoms with E-state index in [1.807, 2.05) is 37.3 Å². The summed E-state index contributed by atoms with van der Waals surface area (Å²) in [5.41, 5.74) is 3.18. The molecule has 20 heavy (non-hydrogen) atoms. The molecule has 0 saturated carbocycles. The second kappa shape index (κ2) is 6.53. The maximum Gasteiger partial charge on any atom is 0.162 e. The molecule has 1 N–H and O–H groups in total. The zero-order chi connectivity index (χ0) is 14.5. The van der Waals surface area contributed by atoms with Crippen molar-refractivity contribution in [3.63, 3.8) is 0 Å². The molecule has 2 rings (SSSR count). The molecule has 0 aliphatic carbocycles. The SMILES string of the molecule is COc1ccc(NCc2ccc(C)cc2Cl)cc1OC. The second-order valence-corrected chi connectivity index (χ2v) is 4.93. The molecule has 0 aromatic heterocycles. The number of halogens is 1. The summed E-state index contributed by atoms with van der Waals surface area (Å²) in [5.74, 6) is 1.42. The molecule has 106 valence electrons. The van der Waals surface area contributed by atoms with E-state index in [-0.39, 0.29) is 0 Å². The summed E-state index contributed by atoms with van der Waals surface area (Å²) < 4.78 is 10.5. The van der Waals surface area contributed by atoms with Gasteiger partial charge in [0.05, 0.1) is 14.2 Å². The Bertz CT molecular complexity index is 599. The molecule has 2 aromatic carbocycles.